The number of fused-ring (bicyclic) bond motifs is 3. The summed E-state index contributed by atoms with van der Waals surface area (Å²) in [6.07, 6.45) is 2.84. The molecule has 2 aliphatic heterocycles. The highest BCUT2D eigenvalue weighted by molar-refractivity contribution is 6.18. The number of rotatable bonds is 8. The van der Waals surface area contributed by atoms with E-state index in [1.807, 2.05) is 26.8 Å². The fourth-order valence-electron chi connectivity index (χ4n) is 5.62. The molecule has 45 heavy (non-hydrogen) atoms. The second kappa shape index (κ2) is 12.2. The molecule has 10 nitrogen and oxygen atoms in total. The van der Waals surface area contributed by atoms with Gasteiger partial charge in [0.25, 0.3) is 11.8 Å². The zero-order chi connectivity index (χ0) is 32.0. The number of nitrogens with one attached hydrogen (secondary N) is 2. The molecule has 238 valence electrons. The van der Waals surface area contributed by atoms with Crippen molar-refractivity contribution in [2.75, 3.05) is 11.9 Å². The molecule has 3 aromatic rings. The van der Waals surface area contributed by atoms with Gasteiger partial charge in [-0.3, -0.25) is 19.6 Å². The molecule has 3 N–H and O–H groups in total. The van der Waals surface area contributed by atoms with Crippen molar-refractivity contribution in [1.29, 1.82) is 0 Å². The minimum absolute atomic E-state index is 0. The molecule has 2 aromatic carbocycles. The standard InChI is InChI=1S/C34H38N4O6.ClH/c1-8-43-25-16-20-17-32(2,3)37-27(26(20)22-18-33(4,5)44-28(22)25)19-12-13-21(29(39)38-34(6,7)31(41)42)24(15-19)36-30(40)23-11-9-10-14-35-23;/h9-16H,8,17-18H2,1-7H3,(H,36,40)(H,38,39)(H,41,42);1H. The predicted octanol–water partition coefficient (Wildman–Crippen LogP) is 5.63. The van der Waals surface area contributed by atoms with Crippen LogP contribution < -0.4 is 20.1 Å². The third-order valence-corrected chi connectivity index (χ3v) is 7.63. The van der Waals surface area contributed by atoms with Crippen LogP contribution in [0.3, 0.4) is 0 Å². The van der Waals surface area contributed by atoms with Gasteiger partial charge in [-0.1, -0.05) is 12.1 Å². The Balaban J connectivity index is 0.00000461. The average Bonchev–Trinajstić information content (AvgIpc) is 3.27. The number of hydrogen-bond donors (Lipinski definition) is 3. The molecule has 0 atom stereocenters. The first kappa shape index (κ1) is 33.5. The average molecular weight is 635 g/mol. The molecule has 0 saturated heterocycles. The van der Waals surface area contributed by atoms with Gasteiger partial charge in [0.1, 0.15) is 16.8 Å². The second-order valence-corrected chi connectivity index (χ2v) is 13.0. The van der Waals surface area contributed by atoms with Crippen LogP contribution in [0.5, 0.6) is 11.5 Å². The van der Waals surface area contributed by atoms with Crippen LogP contribution in [-0.2, 0) is 17.6 Å². The lowest BCUT2D eigenvalue weighted by Gasteiger charge is -2.31. The van der Waals surface area contributed by atoms with Crippen LogP contribution in [-0.4, -0.2) is 56.9 Å². The molecule has 1 aromatic heterocycles. The summed E-state index contributed by atoms with van der Waals surface area (Å²) in [4.78, 5) is 47.7. The first-order chi connectivity index (χ1) is 20.6. The van der Waals surface area contributed by atoms with E-state index in [9.17, 15) is 19.5 Å². The van der Waals surface area contributed by atoms with Gasteiger partial charge in [-0.25, -0.2) is 4.79 Å². The molecule has 0 radical (unpaired) electrons. The van der Waals surface area contributed by atoms with E-state index >= 15 is 0 Å². The van der Waals surface area contributed by atoms with Crippen LogP contribution in [0.15, 0.2) is 53.7 Å². The third kappa shape index (κ3) is 6.81. The summed E-state index contributed by atoms with van der Waals surface area (Å²) in [5.74, 6) is -0.941. The Bertz CT molecular complexity index is 1700. The lowest BCUT2D eigenvalue weighted by molar-refractivity contribution is -0.143. The van der Waals surface area contributed by atoms with Gasteiger partial charge in [0.15, 0.2) is 11.5 Å². The van der Waals surface area contributed by atoms with Crippen molar-refractivity contribution in [3.8, 4) is 11.5 Å². The molecular weight excluding hydrogens is 596 g/mol. The molecule has 0 spiro atoms. The van der Waals surface area contributed by atoms with E-state index in [-0.39, 0.29) is 29.4 Å². The third-order valence-electron chi connectivity index (χ3n) is 7.63. The largest absolute Gasteiger partial charge is 0.490 e. The summed E-state index contributed by atoms with van der Waals surface area (Å²) in [6.45, 7) is 13.4. The van der Waals surface area contributed by atoms with Crippen molar-refractivity contribution in [1.82, 2.24) is 10.3 Å². The first-order valence-electron chi connectivity index (χ1n) is 14.6. The summed E-state index contributed by atoms with van der Waals surface area (Å²) >= 11 is 0. The van der Waals surface area contributed by atoms with Crippen molar-refractivity contribution in [3.05, 3.63) is 82.2 Å². The highest BCUT2D eigenvalue weighted by Crippen LogP contribution is 2.48. The minimum atomic E-state index is -1.54. The van der Waals surface area contributed by atoms with E-state index in [1.54, 1.807) is 36.4 Å². The molecule has 0 aliphatic carbocycles. The maximum absolute atomic E-state index is 13.4. The summed E-state index contributed by atoms with van der Waals surface area (Å²) in [5.41, 5.74) is 2.46. The Hall–Kier alpha value is -4.44. The van der Waals surface area contributed by atoms with Crippen LogP contribution in [0.25, 0.3) is 0 Å². The van der Waals surface area contributed by atoms with Gasteiger partial charge < -0.3 is 25.2 Å². The maximum atomic E-state index is 13.4. The van der Waals surface area contributed by atoms with E-state index in [1.165, 1.54) is 20.0 Å². The number of amides is 2. The molecule has 0 fully saturated rings. The predicted molar refractivity (Wildman–Crippen MR) is 175 cm³/mol. The van der Waals surface area contributed by atoms with Crippen molar-refractivity contribution in [3.63, 3.8) is 0 Å². The smallest absolute Gasteiger partial charge is 0.328 e. The molecule has 0 bridgehead atoms. The molecule has 11 heteroatoms. The lowest BCUT2D eigenvalue weighted by atomic mass is 9.80. The minimum Gasteiger partial charge on any atom is -0.490 e. The van der Waals surface area contributed by atoms with Gasteiger partial charge in [0.2, 0.25) is 0 Å². The van der Waals surface area contributed by atoms with E-state index < -0.39 is 34.5 Å². The van der Waals surface area contributed by atoms with E-state index in [4.69, 9.17) is 14.5 Å². The molecule has 0 unspecified atom stereocenters. The fourth-order valence-corrected chi connectivity index (χ4v) is 5.62. The number of benzene rings is 2. The van der Waals surface area contributed by atoms with Gasteiger partial charge in [-0.2, -0.15) is 0 Å². The summed E-state index contributed by atoms with van der Waals surface area (Å²) in [7, 11) is 0. The summed E-state index contributed by atoms with van der Waals surface area (Å²) in [6, 6.07) is 12.1. The number of halogens is 1. The van der Waals surface area contributed by atoms with Crippen molar-refractivity contribution in [2.45, 2.75) is 78.0 Å². The van der Waals surface area contributed by atoms with Crippen LogP contribution in [0, 0.1) is 0 Å². The van der Waals surface area contributed by atoms with E-state index in [2.05, 4.69) is 29.5 Å². The molecule has 3 heterocycles. The number of carbonyl (C=O) groups excluding carboxylic acids is 2. The zero-order valence-corrected chi connectivity index (χ0v) is 27.3. The second-order valence-electron chi connectivity index (χ2n) is 13.0. The number of aliphatic carboxylic acids is 1. The number of ether oxygens (including phenoxy) is 2. The Morgan fingerprint density at radius 2 is 1.78 bits per heavy atom. The summed E-state index contributed by atoms with van der Waals surface area (Å²) in [5, 5.41) is 15.0. The van der Waals surface area contributed by atoms with Gasteiger partial charge in [-0.05, 0) is 90.8 Å². The normalized spacial score (nSPS) is 15.8. The fraction of sp³-hybridized carbons (Fsp3) is 0.382. The molecule has 5 rings (SSSR count). The maximum Gasteiger partial charge on any atom is 0.328 e. The molecule has 0 saturated carbocycles. The van der Waals surface area contributed by atoms with Gasteiger partial charge in [-0.15, -0.1) is 12.4 Å². The van der Waals surface area contributed by atoms with E-state index in [0.29, 0.717) is 42.2 Å². The number of carbonyl (C=O) groups is 3. The van der Waals surface area contributed by atoms with Gasteiger partial charge in [0, 0.05) is 29.3 Å². The number of nitrogens with zero attached hydrogens (tertiary/aromatic N) is 2. The Morgan fingerprint density at radius 3 is 2.42 bits per heavy atom. The number of aliphatic imine (C=N–C) groups is 1. The lowest BCUT2D eigenvalue weighted by Crippen LogP contribution is -2.49. The summed E-state index contributed by atoms with van der Waals surface area (Å²) < 4.78 is 12.4. The SMILES string of the molecule is CCOc1cc2c(c3c1OC(C)(C)C3)C(c1ccc(C(=O)NC(C)(C)C(=O)O)c(NC(=O)c3ccccn3)c1)=NC(C)(C)C2.Cl. The molecule has 2 aliphatic rings. The van der Waals surface area contributed by atoms with Crippen molar-refractivity contribution < 1.29 is 29.0 Å². The molecule has 2 amide bonds. The van der Waals surface area contributed by atoms with Crippen LogP contribution in [0.4, 0.5) is 5.69 Å². The van der Waals surface area contributed by atoms with Crippen LogP contribution >= 0.6 is 12.4 Å². The Morgan fingerprint density at radius 1 is 1.04 bits per heavy atom. The van der Waals surface area contributed by atoms with Crippen molar-refractivity contribution in [2.24, 2.45) is 4.99 Å². The zero-order valence-electron chi connectivity index (χ0n) is 26.5. The first-order valence-corrected chi connectivity index (χ1v) is 14.6. The van der Waals surface area contributed by atoms with E-state index in [0.717, 1.165) is 16.7 Å². The Labute approximate surface area is 269 Å². The monoisotopic (exact) mass is 634 g/mol. The van der Waals surface area contributed by atoms with Crippen LogP contribution in [0.2, 0.25) is 0 Å². The molecular formula is C34H39ClN4O6. The number of aromatic nitrogens is 1. The van der Waals surface area contributed by atoms with Crippen molar-refractivity contribution >= 4 is 41.6 Å². The van der Waals surface area contributed by atoms with Gasteiger partial charge >= 0.3 is 5.97 Å². The van der Waals surface area contributed by atoms with Crippen LogP contribution in [0.1, 0.15) is 91.6 Å². The number of hydrogen-bond acceptors (Lipinski definition) is 7. The highest BCUT2D eigenvalue weighted by Gasteiger charge is 2.40. The Kier molecular flexibility index (Phi) is 9.04. The topological polar surface area (TPSA) is 139 Å². The van der Waals surface area contributed by atoms with Gasteiger partial charge in [0.05, 0.1) is 29.1 Å². The quantitative estimate of drug-likeness (QED) is 0.292. The number of pyridine rings is 1. The number of carboxylic acid groups (broad SMARTS) is 1. The number of anilines is 1. The highest BCUT2D eigenvalue weighted by atomic mass is 35.5. The number of carboxylic acids is 1.